The molecule has 6 heterocycles. The number of esters is 2. The SMILES string of the molecule is C.C.CCC1O[C@@H]2[C@H](C[C@H]1C)OC1(C[C@H](C)[C@H](C)[C@H](CC(=O)OCc3ccccc3)O1)C[C@@H]2C.CCC1O[C@@H]2[C@H](C[C@H]1C)OC1(C[C@H](C)[C@H](OCc3ccc(OC)cc3)[C@H](CC(=O)OCc3ccccc3)O1)C[C@@H]2C.O=C=O.O=C=O. The van der Waals surface area contributed by atoms with Crippen molar-refractivity contribution < 1.29 is 76.1 Å². The average molecular weight is 1130 g/mol. The molecule has 0 bridgehead atoms. The van der Waals surface area contributed by atoms with E-state index >= 15 is 0 Å². The van der Waals surface area contributed by atoms with Crippen molar-refractivity contribution in [2.24, 2.45) is 41.4 Å². The van der Waals surface area contributed by atoms with Gasteiger partial charge < -0.3 is 47.4 Å². The molecule has 450 valence electrons. The van der Waals surface area contributed by atoms with Gasteiger partial charge in [0.05, 0.1) is 81.5 Å². The standard InChI is InChI=1S/C34H46O7.C27H40O5.2CO2.2CH4/c1-6-28-22(2)16-29-33(39-28)24(4)19-34(40-29)18-23(3)32(38-21-26-12-14-27(36-5)15-13-26)30(41-34)17-31(35)37-20-25-10-8-7-9-11-25;1-6-22-17(2)12-24-26(30-22)19(4)15-27(32-24)14-18(3)20(5)23(31-27)13-25(28)29-16-21-10-8-7-9-11-21;2*2-1-3;;/h7-15,22-24,28-30,32-33H,6,16-21H2,1-5H3;7-11,17-20,22-24,26H,6,12-16H2,1-5H3;;;2*1H4/t22-,23+,24+,28?,29+,30+,32+,33+,34?;17-,18+,19+,20+,22?,23+,24+,26+,27?;;;;/m11..../s1. The Bertz CT molecular complexity index is 2380. The zero-order chi connectivity index (χ0) is 57.3. The van der Waals surface area contributed by atoms with Gasteiger partial charge in [0.2, 0.25) is 0 Å². The molecular weight excluding hydrogens is 1040 g/mol. The van der Waals surface area contributed by atoms with Crippen molar-refractivity contribution in [2.75, 3.05) is 7.11 Å². The summed E-state index contributed by atoms with van der Waals surface area (Å²) in [6.45, 7) is 21.0. The minimum Gasteiger partial charge on any atom is -0.497 e. The average Bonchev–Trinajstić information content (AvgIpc) is 3.43. The fourth-order valence-electron chi connectivity index (χ4n) is 13.0. The van der Waals surface area contributed by atoms with Gasteiger partial charge in [-0.2, -0.15) is 19.2 Å². The summed E-state index contributed by atoms with van der Waals surface area (Å²) in [4.78, 5) is 58.3. The fourth-order valence-corrected chi connectivity index (χ4v) is 13.0. The van der Waals surface area contributed by atoms with E-state index in [9.17, 15) is 9.59 Å². The summed E-state index contributed by atoms with van der Waals surface area (Å²) in [5.41, 5.74) is 2.98. The van der Waals surface area contributed by atoms with Gasteiger partial charge >= 0.3 is 24.2 Å². The summed E-state index contributed by atoms with van der Waals surface area (Å²) in [6, 6.07) is 27.4. The highest BCUT2D eigenvalue weighted by molar-refractivity contribution is 5.70. The molecule has 6 saturated heterocycles. The highest BCUT2D eigenvalue weighted by Crippen LogP contribution is 2.51. The third kappa shape index (κ3) is 18.7. The van der Waals surface area contributed by atoms with Gasteiger partial charge in [-0.1, -0.05) is 150 Å². The van der Waals surface area contributed by atoms with Gasteiger partial charge in [0.15, 0.2) is 11.6 Å². The van der Waals surface area contributed by atoms with Crippen LogP contribution in [0.5, 0.6) is 5.75 Å². The van der Waals surface area contributed by atoms with Crippen LogP contribution in [0.2, 0.25) is 0 Å². The van der Waals surface area contributed by atoms with Gasteiger partial charge in [0, 0.05) is 25.7 Å². The van der Waals surface area contributed by atoms with Crippen molar-refractivity contribution >= 4 is 24.2 Å². The molecule has 0 saturated carbocycles. The fraction of sp³-hybridized carbons (Fsp3) is 0.662. The molecule has 6 aliphatic rings. The molecule has 3 aromatic rings. The molecule has 0 N–H and O–H groups in total. The van der Waals surface area contributed by atoms with Gasteiger partial charge in [-0.15, -0.1) is 0 Å². The van der Waals surface area contributed by atoms with Crippen LogP contribution in [-0.2, 0) is 91.2 Å². The number of rotatable bonds is 14. The van der Waals surface area contributed by atoms with Crippen LogP contribution in [-0.4, -0.2) is 97.9 Å². The van der Waals surface area contributed by atoms with Gasteiger partial charge in [-0.25, -0.2) is 0 Å². The molecule has 4 unspecified atom stereocenters. The van der Waals surface area contributed by atoms with E-state index in [1.165, 1.54) is 0 Å². The zero-order valence-corrected chi connectivity index (χ0v) is 48.0. The third-order valence-electron chi connectivity index (χ3n) is 17.0. The minimum atomic E-state index is -0.771. The van der Waals surface area contributed by atoms with Crippen LogP contribution in [0.4, 0.5) is 0 Å². The summed E-state index contributed by atoms with van der Waals surface area (Å²) in [6.07, 6.45) is 7.83. The maximum atomic E-state index is 13.1. The molecule has 16 nitrogen and oxygen atoms in total. The number of fused-ring (bicyclic) bond motifs is 2. The third-order valence-corrected chi connectivity index (χ3v) is 17.0. The predicted molar refractivity (Wildman–Crippen MR) is 301 cm³/mol. The van der Waals surface area contributed by atoms with Crippen LogP contribution in [0.15, 0.2) is 84.9 Å². The Kier molecular flexibility index (Phi) is 27.6. The highest BCUT2D eigenvalue weighted by Gasteiger charge is 2.57. The molecule has 81 heavy (non-hydrogen) atoms. The minimum absolute atomic E-state index is 0. The van der Waals surface area contributed by atoms with Crippen LogP contribution < -0.4 is 4.74 Å². The van der Waals surface area contributed by atoms with E-state index in [1.54, 1.807) is 7.11 Å². The van der Waals surface area contributed by atoms with Crippen molar-refractivity contribution in [1.82, 2.24) is 0 Å². The Morgan fingerprint density at radius 3 is 1.33 bits per heavy atom. The van der Waals surface area contributed by atoms with E-state index in [2.05, 4.69) is 62.3 Å². The maximum Gasteiger partial charge on any atom is 0.373 e. The maximum absolute atomic E-state index is 13.1. The number of benzene rings is 3. The van der Waals surface area contributed by atoms with Crippen LogP contribution in [0.3, 0.4) is 0 Å². The lowest BCUT2D eigenvalue weighted by Crippen LogP contribution is -2.62. The van der Waals surface area contributed by atoms with E-state index in [1.807, 2.05) is 84.9 Å². The lowest BCUT2D eigenvalue weighted by molar-refractivity contribution is -0.375. The van der Waals surface area contributed by atoms with Crippen LogP contribution in [0.1, 0.15) is 158 Å². The molecule has 18 atom stereocenters. The van der Waals surface area contributed by atoms with E-state index < -0.39 is 17.7 Å². The number of methoxy groups -OCH3 is 1. The van der Waals surface area contributed by atoms with E-state index in [4.69, 9.17) is 66.5 Å². The Balaban J connectivity index is 0.000000318. The first-order chi connectivity index (χ1) is 37.9. The monoisotopic (exact) mass is 1130 g/mol. The molecule has 3 aromatic carbocycles. The molecule has 0 aliphatic carbocycles. The molecule has 0 radical (unpaired) electrons. The Morgan fingerprint density at radius 2 is 0.901 bits per heavy atom. The summed E-state index contributed by atoms with van der Waals surface area (Å²) < 4.78 is 63.0. The van der Waals surface area contributed by atoms with Gasteiger partial charge in [-0.3, -0.25) is 9.59 Å². The smallest absolute Gasteiger partial charge is 0.373 e. The van der Waals surface area contributed by atoms with Crippen molar-refractivity contribution in [3.05, 3.63) is 102 Å². The quantitative estimate of drug-likeness (QED) is 0.138. The van der Waals surface area contributed by atoms with E-state index in [-0.39, 0.29) is 119 Å². The first kappa shape index (κ1) is 68.4. The van der Waals surface area contributed by atoms with Crippen molar-refractivity contribution in [3.8, 4) is 5.75 Å². The first-order valence-electron chi connectivity index (χ1n) is 28.6. The molecular formula is C65H94O16. The number of ether oxygens (including phenoxy) is 10. The van der Waals surface area contributed by atoms with Gasteiger partial charge in [0.1, 0.15) is 19.0 Å². The van der Waals surface area contributed by atoms with Crippen LogP contribution >= 0.6 is 0 Å². The van der Waals surface area contributed by atoms with Crippen molar-refractivity contribution in [3.63, 3.8) is 0 Å². The second-order valence-electron chi connectivity index (χ2n) is 23.0. The topological polar surface area (TPSA) is 195 Å². The lowest BCUT2D eigenvalue weighted by atomic mass is 9.75. The second kappa shape index (κ2) is 32.7. The molecule has 0 amide bonds. The van der Waals surface area contributed by atoms with E-state index in [0.717, 1.165) is 67.4 Å². The Labute approximate surface area is 482 Å². The van der Waals surface area contributed by atoms with Gasteiger partial charge in [-0.05, 0) is 95.9 Å². The van der Waals surface area contributed by atoms with Crippen LogP contribution in [0.25, 0.3) is 0 Å². The first-order valence-corrected chi connectivity index (χ1v) is 28.6. The molecule has 6 fully saturated rings. The summed E-state index contributed by atoms with van der Waals surface area (Å²) in [7, 11) is 1.66. The molecule has 9 rings (SSSR count). The lowest BCUT2D eigenvalue weighted by Gasteiger charge is -2.56. The summed E-state index contributed by atoms with van der Waals surface area (Å²) in [5.74, 6) is 1.23. The van der Waals surface area contributed by atoms with Crippen molar-refractivity contribution in [2.45, 2.75) is 228 Å². The Morgan fingerprint density at radius 1 is 0.506 bits per heavy atom. The molecule has 2 spiro atoms. The van der Waals surface area contributed by atoms with Crippen molar-refractivity contribution in [1.29, 1.82) is 0 Å². The normalized spacial score (nSPS) is 34.4. The summed E-state index contributed by atoms with van der Waals surface area (Å²) in [5, 5.41) is 0. The molecule has 6 aliphatic heterocycles. The number of carbonyl (C=O) groups is 2. The summed E-state index contributed by atoms with van der Waals surface area (Å²) >= 11 is 0. The largest absolute Gasteiger partial charge is 0.497 e. The zero-order valence-electron chi connectivity index (χ0n) is 48.0. The van der Waals surface area contributed by atoms with Gasteiger partial charge in [0.25, 0.3) is 0 Å². The number of hydrogen-bond acceptors (Lipinski definition) is 16. The highest BCUT2D eigenvalue weighted by atomic mass is 16.7. The second-order valence-corrected chi connectivity index (χ2v) is 23.0. The van der Waals surface area contributed by atoms with Crippen LogP contribution in [0, 0.1) is 41.4 Å². The molecule has 16 heteroatoms. The number of carbonyl (C=O) groups excluding carboxylic acids is 6. The Hall–Kier alpha value is -5.12. The molecule has 0 aromatic heterocycles. The number of hydrogen-bond donors (Lipinski definition) is 0. The predicted octanol–water partition coefficient (Wildman–Crippen LogP) is 12.1. The van der Waals surface area contributed by atoms with E-state index in [0.29, 0.717) is 49.4 Å².